The molecular formula is C14H29NO2. The van der Waals surface area contributed by atoms with Crippen LogP contribution in [-0.2, 0) is 4.79 Å². The topological polar surface area (TPSA) is 49.3 Å². The molecule has 0 amide bonds. The van der Waals surface area contributed by atoms with Crippen LogP contribution >= 0.6 is 0 Å². The summed E-state index contributed by atoms with van der Waals surface area (Å²) in [7, 11) is 0. The third-order valence-electron chi connectivity index (χ3n) is 3.32. The van der Waals surface area contributed by atoms with Gasteiger partial charge in [0.05, 0.1) is 0 Å². The minimum absolute atomic E-state index is 0.403. The monoisotopic (exact) mass is 243 g/mol. The van der Waals surface area contributed by atoms with Crippen molar-refractivity contribution in [3.63, 3.8) is 0 Å². The number of carboxylic acid groups (broad SMARTS) is 1. The number of aliphatic carboxylic acids is 1. The zero-order chi connectivity index (χ0) is 13.6. The molecule has 0 bridgehead atoms. The Kier molecular flexibility index (Phi) is 7.44. The van der Waals surface area contributed by atoms with Crippen LogP contribution in [0.15, 0.2) is 0 Å². The number of carboxylic acids is 1. The molecule has 0 aliphatic carbocycles. The lowest BCUT2D eigenvalue weighted by atomic mass is 9.85. The van der Waals surface area contributed by atoms with Crippen molar-refractivity contribution in [2.75, 3.05) is 6.54 Å². The first-order valence-corrected chi connectivity index (χ1v) is 6.71. The van der Waals surface area contributed by atoms with Crippen LogP contribution in [0.5, 0.6) is 0 Å². The van der Waals surface area contributed by atoms with Crippen molar-refractivity contribution in [2.45, 2.75) is 54.0 Å². The standard InChI is InChI=1S/C14H29NO2/c1-9(2)7-13(14(16)17)15-8-12(10(3)4)11(5)6/h9-13,15H,7-8H2,1-6H3,(H,16,17)/t13-/m0/s1. The second kappa shape index (κ2) is 7.70. The zero-order valence-corrected chi connectivity index (χ0v) is 12.2. The van der Waals surface area contributed by atoms with Crippen molar-refractivity contribution in [3.8, 4) is 0 Å². The third kappa shape index (κ3) is 6.67. The van der Waals surface area contributed by atoms with Crippen LogP contribution in [-0.4, -0.2) is 23.7 Å². The second-order valence-electron chi connectivity index (χ2n) is 6.08. The molecule has 0 aromatic rings. The fraction of sp³-hybridized carbons (Fsp3) is 0.929. The number of nitrogens with one attached hydrogen (secondary N) is 1. The number of hydrogen-bond donors (Lipinski definition) is 2. The smallest absolute Gasteiger partial charge is 0.320 e. The first kappa shape index (κ1) is 16.4. The molecule has 1 atom stereocenters. The Morgan fingerprint density at radius 1 is 1.06 bits per heavy atom. The molecule has 0 saturated heterocycles. The van der Waals surface area contributed by atoms with E-state index in [4.69, 9.17) is 5.11 Å². The molecule has 0 aliphatic rings. The normalized spacial score (nSPS) is 14.0. The summed E-state index contributed by atoms with van der Waals surface area (Å²) in [6.07, 6.45) is 0.693. The van der Waals surface area contributed by atoms with Crippen molar-refractivity contribution in [1.82, 2.24) is 5.32 Å². The van der Waals surface area contributed by atoms with Crippen LogP contribution < -0.4 is 5.32 Å². The van der Waals surface area contributed by atoms with Gasteiger partial charge in [0, 0.05) is 0 Å². The molecule has 0 aromatic carbocycles. The molecule has 0 aromatic heterocycles. The quantitative estimate of drug-likeness (QED) is 0.689. The Bertz CT molecular complexity index is 216. The average molecular weight is 243 g/mol. The van der Waals surface area contributed by atoms with E-state index in [0.717, 1.165) is 6.54 Å². The zero-order valence-electron chi connectivity index (χ0n) is 12.2. The van der Waals surface area contributed by atoms with Crippen molar-refractivity contribution in [2.24, 2.45) is 23.7 Å². The van der Waals surface area contributed by atoms with E-state index >= 15 is 0 Å². The van der Waals surface area contributed by atoms with E-state index in [1.807, 2.05) is 0 Å². The van der Waals surface area contributed by atoms with Gasteiger partial charge in [-0.25, -0.2) is 0 Å². The molecule has 0 unspecified atom stereocenters. The first-order chi connectivity index (χ1) is 7.75. The highest BCUT2D eigenvalue weighted by Crippen LogP contribution is 2.20. The molecule has 0 rings (SSSR count). The van der Waals surface area contributed by atoms with Crippen LogP contribution in [0, 0.1) is 23.7 Å². The van der Waals surface area contributed by atoms with Crippen molar-refractivity contribution >= 4 is 5.97 Å². The molecular weight excluding hydrogens is 214 g/mol. The van der Waals surface area contributed by atoms with Gasteiger partial charge in [-0.2, -0.15) is 0 Å². The predicted molar refractivity (Wildman–Crippen MR) is 72.0 cm³/mol. The Morgan fingerprint density at radius 3 is 1.82 bits per heavy atom. The Labute approximate surface area is 106 Å². The van der Waals surface area contributed by atoms with Gasteiger partial charge in [0.15, 0.2) is 0 Å². The molecule has 0 radical (unpaired) electrons. The van der Waals surface area contributed by atoms with Crippen LogP contribution in [0.2, 0.25) is 0 Å². The molecule has 0 heterocycles. The summed E-state index contributed by atoms with van der Waals surface area (Å²) in [6.45, 7) is 13.7. The summed E-state index contributed by atoms with van der Waals surface area (Å²) in [5, 5.41) is 12.4. The van der Waals surface area contributed by atoms with E-state index in [1.165, 1.54) is 0 Å². The van der Waals surface area contributed by atoms with Crippen LogP contribution in [0.4, 0.5) is 0 Å². The van der Waals surface area contributed by atoms with Gasteiger partial charge in [-0.05, 0) is 36.6 Å². The van der Waals surface area contributed by atoms with E-state index in [9.17, 15) is 4.79 Å². The Morgan fingerprint density at radius 2 is 1.53 bits per heavy atom. The Hall–Kier alpha value is -0.570. The maximum Gasteiger partial charge on any atom is 0.320 e. The van der Waals surface area contributed by atoms with Crippen molar-refractivity contribution < 1.29 is 9.90 Å². The van der Waals surface area contributed by atoms with E-state index in [2.05, 4.69) is 46.9 Å². The molecule has 3 nitrogen and oxygen atoms in total. The van der Waals surface area contributed by atoms with Crippen LogP contribution in [0.25, 0.3) is 0 Å². The summed E-state index contributed by atoms with van der Waals surface area (Å²) in [4.78, 5) is 11.1. The highest BCUT2D eigenvalue weighted by atomic mass is 16.4. The molecule has 0 aliphatic heterocycles. The van der Waals surface area contributed by atoms with Crippen LogP contribution in [0.1, 0.15) is 48.0 Å². The SMILES string of the molecule is CC(C)C[C@H](NCC(C(C)C)C(C)C)C(=O)O. The summed E-state index contributed by atoms with van der Waals surface area (Å²) in [6, 6.07) is -0.407. The van der Waals surface area contributed by atoms with E-state index in [-0.39, 0.29) is 0 Å². The molecule has 17 heavy (non-hydrogen) atoms. The van der Waals surface area contributed by atoms with E-state index < -0.39 is 12.0 Å². The van der Waals surface area contributed by atoms with E-state index in [1.54, 1.807) is 0 Å². The van der Waals surface area contributed by atoms with Gasteiger partial charge >= 0.3 is 5.97 Å². The lowest BCUT2D eigenvalue weighted by Gasteiger charge is -2.27. The predicted octanol–water partition coefficient (Wildman–Crippen LogP) is 3.00. The van der Waals surface area contributed by atoms with Crippen molar-refractivity contribution in [3.05, 3.63) is 0 Å². The minimum atomic E-state index is -0.732. The average Bonchev–Trinajstić information content (AvgIpc) is 2.14. The van der Waals surface area contributed by atoms with Crippen molar-refractivity contribution in [1.29, 1.82) is 0 Å². The van der Waals surface area contributed by atoms with E-state index in [0.29, 0.717) is 30.1 Å². The minimum Gasteiger partial charge on any atom is -0.480 e. The fourth-order valence-corrected chi connectivity index (χ4v) is 2.26. The van der Waals surface area contributed by atoms with Gasteiger partial charge in [-0.15, -0.1) is 0 Å². The summed E-state index contributed by atoms with van der Waals surface area (Å²) >= 11 is 0. The maximum atomic E-state index is 11.1. The lowest BCUT2D eigenvalue weighted by molar-refractivity contribution is -0.140. The molecule has 0 saturated carbocycles. The molecule has 3 heteroatoms. The molecule has 102 valence electrons. The largest absolute Gasteiger partial charge is 0.480 e. The van der Waals surface area contributed by atoms with Gasteiger partial charge < -0.3 is 10.4 Å². The first-order valence-electron chi connectivity index (χ1n) is 6.71. The summed E-state index contributed by atoms with van der Waals surface area (Å²) < 4.78 is 0. The van der Waals surface area contributed by atoms with Gasteiger partial charge in [0.2, 0.25) is 0 Å². The molecule has 0 spiro atoms. The number of rotatable bonds is 8. The summed E-state index contributed by atoms with van der Waals surface area (Å²) in [5.41, 5.74) is 0. The maximum absolute atomic E-state index is 11.1. The second-order valence-corrected chi connectivity index (χ2v) is 6.08. The fourth-order valence-electron chi connectivity index (χ4n) is 2.26. The highest BCUT2D eigenvalue weighted by Gasteiger charge is 2.22. The number of carbonyl (C=O) groups is 1. The van der Waals surface area contributed by atoms with Gasteiger partial charge in [0.25, 0.3) is 0 Å². The summed E-state index contributed by atoms with van der Waals surface area (Å²) in [5.74, 6) is 1.36. The van der Waals surface area contributed by atoms with Gasteiger partial charge in [0.1, 0.15) is 6.04 Å². The highest BCUT2D eigenvalue weighted by molar-refractivity contribution is 5.73. The number of hydrogen-bond acceptors (Lipinski definition) is 2. The van der Waals surface area contributed by atoms with Crippen LogP contribution in [0.3, 0.4) is 0 Å². The van der Waals surface area contributed by atoms with Gasteiger partial charge in [-0.3, -0.25) is 4.79 Å². The lowest BCUT2D eigenvalue weighted by Crippen LogP contribution is -2.42. The Balaban J connectivity index is 4.32. The third-order valence-corrected chi connectivity index (χ3v) is 3.32. The molecule has 0 fully saturated rings. The molecule has 2 N–H and O–H groups in total. The van der Waals surface area contributed by atoms with Gasteiger partial charge in [-0.1, -0.05) is 41.5 Å².